The number of hydrogen-bond acceptors (Lipinski definition) is 5. The number of aromatic nitrogens is 2. The Balaban J connectivity index is 1.77. The Morgan fingerprint density at radius 3 is 3.05 bits per heavy atom. The number of carbonyl (C=O) groups is 1. The first kappa shape index (κ1) is 11.7. The van der Waals surface area contributed by atoms with Gasteiger partial charge in [0.25, 0.3) is 0 Å². The molecule has 2 aromatic rings. The summed E-state index contributed by atoms with van der Waals surface area (Å²) in [5.74, 6) is 1.20. The number of amides is 1. The first-order valence-corrected chi connectivity index (χ1v) is 6.11. The highest BCUT2D eigenvalue weighted by Gasteiger charge is 2.18. The SMILES string of the molecule is Cc1noc(C(C)Nc2ccc3c(c2)CC(=O)N3)n1. The van der Waals surface area contributed by atoms with Crippen LogP contribution in [-0.2, 0) is 11.2 Å². The van der Waals surface area contributed by atoms with Crippen molar-refractivity contribution in [2.24, 2.45) is 0 Å². The zero-order chi connectivity index (χ0) is 13.4. The molecular weight excluding hydrogens is 244 g/mol. The summed E-state index contributed by atoms with van der Waals surface area (Å²) in [5.41, 5.74) is 2.82. The van der Waals surface area contributed by atoms with Crippen LogP contribution in [0.3, 0.4) is 0 Å². The number of nitrogens with zero attached hydrogens (tertiary/aromatic N) is 2. The van der Waals surface area contributed by atoms with Crippen LogP contribution in [0.1, 0.15) is 30.2 Å². The standard InChI is InChI=1S/C13H14N4O2/c1-7(13-15-8(2)17-19-13)14-10-3-4-11-9(5-10)6-12(18)16-11/h3-5,7,14H,6H2,1-2H3,(H,16,18). The Labute approximate surface area is 110 Å². The molecule has 1 aromatic carbocycles. The Bertz CT molecular complexity index is 635. The average Bonchev–Trinajstić information content (AvgIpc) is 2.93. The molecule has 0 spiro atoms. The fourth-order valence-electron chi connectivity index (χ4n) is 2.12. The van der Waals surface area contributed by atoms with E-state index in [1.54, 1.807) is 6.92 Å². The van der Waals surface area contributed by atoms with Crippen molar-refractivity contribution in [2.45, 2.75) is 26.3 Å². The van der Waals surface area contributed by atoms with Gasteiger partial charge in [-0.25, -0.2) is 0 Å². The number of rotatable bonds is 3. The Kier molecular flexibility index (Phi) is 2.70. The first-order chi connectivity index (χ1) is 9.11. The molecule has 1 atom stereocenters. The molecule has 6 nitrogen and oxygen atoms in total. The molecule has 0 bridgehead atoms. The third kappa shape index (κ3) is 2.29. The fraction of sp³-hybridized carbons (Fsp3) is 0.308. The number of aryl methyl sites for hydroxylation is 1. The molecule has 0 radical (unpaired) electrons. The second-order valence-electron chi connectivity index (χ2n) is 4.64. The predicted molar refractivity (Wildman–Crippen MR) is 69.8 cm³/mol. The summed E-state index contributed by atoms with van der Waals surface area (Å²) in [7, 11) is 0. The number of fused-ring (bicyclic) bond motifs is 1. The summed E-state index contributed by atoms with van der Waals surface area (Å²) < 4.78 is 5.12. The van der Waals surface area contributed by atoms with Gasteiger partial charge in [0.15, 0.2) is 5.82 Å². The van der Waals surface area contributed by atoms with Crippen LogP contribution in [0.2, 0.25) is 0 Å². The molecule has 1 aliphatic rings. The lowest BCUT2D eigenvalue weighted by atomic mass is 10.1. The predicted octanol–water partition coefficient (Wildman–Crippen LogP) is 2.05. The van der Waals surface area contributed by atoms with Gasteiger partial charge in [0.2, 0.25) is 11.8 Å². The van der Waals surface area contributed by atoms with E-state index in [1.807, 2.05) is 25.1 Å². The molecule has 2 heterocycles. The van der Waals surface area contributed by atoms with Gasteiger partial charge in [0.05, 0.1) is 6.42 Å². The van der Waals surface area contributed by atoms with E-state index < -0.39 is 0 Å². The lowest BCUT2D eigenvalue weighted by Gasteiger charge is -2.12. The van der Waals surface area contributed by atoms with E-state index in [-0.39, 0.29) is 11.9 Å². The normalized spacial score (nSPS) is 14.9. The number of hydrogen-bond donors (Lipinski definition) is 2. The molecule has 0 fully saturated rings. The number of benzene rings is 1. The third-order valence-electron chi connectivity index (χ3n) is 3.03. The van der Waals surface area contributed by atoms with Crippen molar-refractivity contribution < 1.29 is 9.32 Å². The van der Waals surface area contributed by atoms with Crippen LogP contribution >= 0.6 is 0 Å². The van der Waals surface area contributed by atoms with Crippen molar-refractivity contribution >= 4 is 17.3 Å². The third-order valence-corrected chi connectivity index (χ3v) is 3.03. The molecule has 0 aliphatic carbocycles. The van der Waals surface area contributed by atoms with Gasteiger partial charge in [-0.2, -0.15) is 4.98 Å². The van der Waals surface area contributed by atoms with Gasteiger partial charge in [-0.1, -0.05) is 5.16 Å². The lowest BCUT2D eigenvalue weighted by Crippen LogP contribution is -2.07. The van der Waals surface area contributed by atoms with Gasteiger partial charge < -0.3 is 15.2 Å². The van der Waals surface area contributed by atoms with Crippen LogP contribution in [0.4, 0.5) is 11.4 Å². The van der Waals surface area contributed by atoms with Gasteiger partial charge in [0.1, 0.15) is 6.04 Å². The fourth-order valence-corrected chi connectivity index (χ4v) is 2.12. The second-order valence-corrected chi connectivity index (χ2v) is 4.64. The number of anilines is 2. The second kappa shape index (κ2) is 4.38. The van der Waals surface area contributed by atoms with E-state index in [0.29, 0.717) is 18.1 Å². The number of nitrogens with one attached hydrogen (secondary N) is 2. The lowest BCUT2D eigenvalue weighted by molar-refractivity contribution is -0.115. The minimum absolute atomic E-state index is 0.0349. The molecule has 1 unspecified atom stereocenters. The smallest absolute Gasteiger partial charge is 0.248 e. The van der Waals surface area contributed by atoms with Gasteiger partial charge in [-0.15, -0.1) is 0 Å². The van der Waals surface area contributed by atoms with Crippen molar-refractivity contribution in [3.05, 3.63) is 35.5 Å². The van der Waals surface area contributed by atoms with Crippen molar-refractivity contribution in [1.82, 2.24) is 10.1 Å². The summed E-state index contributed by atoms with van der Waals surface area (Å²) in [5, 5.41) is 9.85. The molecule has 1 amide bonds. The van der Waals surface area contributed by atoms with Crippen LogP contribution in [0, 0.1) is 6.92 Å². The van der Waals surface area contributed by atoms with E-state index in [2.05, 4.69) is 20.8 Å². The minimum atomic E-state index is -0.0793. The van der Waals surface area contributed by atoms with Gasteiger partial charge in [0, 0.05) is 11.4 Å². The van der Waals surface area contributed by atoms with E-state index in [1.165, 1.54) is 0 Å². The van der Waals surface area contributed by atoms with Crippen molar-refractivity contribution in [2.75, 3.05) is 10.6 Å². The molecule has 2 N–H and O–H groups in total. The van der Waals surface area contributed by atoms with Crippen LogP contribution in [0.15, 0.2) is 22.7 Å². The van der Waals surface area contributed by atoms with E-state index in [0.717, 1.165) is 16.9 Å². The Morgan fingerprint density at radius 2 is 2.32 bits per heavy atom. The zero-order valence-electron chi connectivity index (χ0n) is 10.7. The summed E-state index contributed by atoms with van der Waals surface area (Å²) >= 11 is 0. The molecular formula is C13H14N4O2. The van der Waals surface area contributed by atoms with Crippen molar-refractivity contribution in [3.63, 3.8) is 0 Å². The van der Waals surface area contributed by atoms with Crippen molar-refractivity contribution in [1.29, 1.82) is 0 Å². The quantitative estimate of drug-likeness (QED) is 0.880. The van der Waals surface area contributed by atoms with Gasteiger partial charge in [-0.3, -0.25) is 4.79 Å². The van der Waals surface area contributed by atoms with Crippen LogP contribution in [-0.4, -0.2) is 16.0 Å². The maximum atomic E-state index is 11.3. The Morgan fingerprint density at radius 1 is 1.47 bits per heavy atom. The molecule has 1 aromatic heterocycles. The maximum Gasteiger partial charge on any atom is 0.248 e. The van der Waals surface area contributed by atoms with E-state index >= 15 is 0 Å². The van der Waals surface area contributed by atoms with Crippen LogP contribution in [0.5, 0.6) is 0 Å². The summed E-state index contributed by atoms with van der Waals surface area (Å²) in [6.07, 6.45) is 0.429. The molecule has 0 saturated heterocycles. The zero-order valence-corrected chi connectivity index (χ0v) is 10.7. The summed E-state index contributed by atoms with van der Waals surface area (Å²) in [6.45, 7) is 3.73. The van der Waals surface area contributed by atoms with Crippen LogP contribution < -0.4 is 10.6 Å². The highest BCUT2D eigenvalue weighted by Crippen LogP contribution is 2.27. The summed E-state index contributed by atoms with van der Waals surface area (Å²) in [6, 6.07) is 5.70. The molecule has 0 saturated carbocycles. The van der Waals surface area contributed by atoms with E-state index in [9.17, 15) is 4.79 Å². The number of carbonyl (C=O) groups excluding carboxylic acids is 1. The maximum absolute atomic E-state index is 11.3. The first-order valence-electron chi connectivity index (χ1n) is 6.11. The molecule has 1 aliphatic heterocycles. The van der Waals surface area contributed by atoms with Crippen molar-refractivity contribution in [3.8, 4) is 0 Å². The molecule has 3 rings (SSSR count). The highest BCUT2D eigenvalue weighted by atomic mass is 16.5. The van der Waals surface area contributed by atoms with E-state index in [4.69, 9.17) is 4.52 Å². The monoisotopic (exact) mass is 258 g/mol. The summed E-state index contributed by atoms with van der Waals surface area (Å²) in [4.78, 5) is 15.5. The molecule has 98 valence electrons. The molecule has 6 heteroatoms. The minimum Gasteiger partial charge on any atom is -0.374 e. The average molecular weight is 258 g/mol. The highest BCUT2D eigenvalue weighted by molar-refractivity contribution is 5.99. The Hall–Kier alpha value is -2.37. The van der Waals surface area contributed by atoms with Gasteiger partial charge in [-0.05, 0) is 37.6 Å². The van der Waals surface area contributed by atoms with Gasteiger partial charge >= 0.3 is 0 Å². The molecule has 19 heavy (non-hydrogen) atoms. The largest absolute Gasteiger partial charge is 0.374 e. The van der Waals surface area contributed by atoms with Crippen LogP contribution in [0.25, 0.3) is 0 Å². The topological polar surface area (TPSA) is 80.0 Å².